The minimum absolute atomic E-state index is 0.0954. The molecule has 0 fully saturated rings. The van der Waals surface area contributed by atoms with Gasteiger partial charge < -0.3 is 0 Å². The molecular formula is C42H46S5. The average Bonchev–Trinajstić information content (AvgIpc) is 3.12. The van der Waals surface area contributed by atoms with Gasteiger partial charge in [-0.2, -0.15) is 12.6 Å². The molecular weight excluding hydrogens is 665 g/mol. The van der Waals surface area contributed by atoms with Gasteiger partial charge in [-0.3, -0.25) is 0 Å². The molecule has 5 aromatic rings. The zero-order valence-electron chi connectivity index (χ0n) is 27.3. The highest BCUT2D eigenvalue weighted by atomic mass is 32.2. The highest BCUT2D eigenvalue weighted by molar-refractivity contribution is 8.10. The first-order valence-corrected chi connectivity index (χ1v) is 21.1. The van der Waals surface area contributed by atoms with Crippen LogP contribution in [0.1, 0.15) is 63.8 Å². The summed E-state index contributed by atoms with van der Waals surface area (Å²) in [5.41, 5.74) is 6.98. The quantitative estimate of drug-likeness (QED) is 0.0392. The van der Waals surface area contributed by atoms with E-state index in [4.69, 9.17) is 12.6 Å². The first-order valence-electron chi connectivity index (χ1n) is 16.7. The van der Waals surface area contributed by atoms with Gasteiger partial charge in [-0.1, -0.05) is 127 Å². The molecule has 0 aliphatic carbocycles. The first-order chi connectivity index (χ1) is 23.2. The van der Waals surface area contributed by atoms with Gasteiger partial charge in [0.25, 0.3) is 0 Å². The van der Waals surface area contributed by atoms with E-state index in [1.165, 1.54) is 55.3 Å². The van der Waals surface area contributed by atoms with Crippen molar-refractivity contribution in [2.75, 3.05) is 17.3 Å². The normalized spacial score (nSPS) is 12.6. The summed E-state index contributed by atoms with van der Waals surface area (Å²) in [6.45, 7) is 2.31. The monoisotopic (exact) mass is 710 g/mol. The van der Waals surface area contributed by atoms with Crippen LogP contribution in [0.4, 0.5) is 0 Å². The summed E-state index contributed by atoms with van der Waals surface area (Å²) in [5, 5.41) is 0.363. The van der Waals surface area contributed by atoms with Gasteiger partial charge in [0, 0.05) is 25.7 Å². The van der Waals surface area contributed by atoms with Gasteiger partial charge in [0.05, 0.1) is 4.58 Å². The maximum absolute atomic E-state index is 5.28. The molecule has 0 saturated heterocycles. The predicted molar refractivity (Wildman–Crippen MR) is 217 cm³/mol. The standard InChI is InChI=1S/C42H46S5/c1-33(37-25-12-5-13-26-37)47-42(43)38-27-28-39(44-30-15-14-23-34-17-6-2-7-18-34)41(45-31-16-24-35-19-8-3-9-20-35)40(38)46-32-29-36-21-10-4-11-22-36/h2-13,17-22,25-28,33,42-43H,14-16,23-24,29-32H2,1H3. The summed E-state index contributed by atoms with van der Waals surface area (Å²) in [6, 6.07) is 48.4. The van der Waals surface area contributed by atoms with E-state index in [0.717, 1.165) is 42.9 Å². The van der Waals surface area contributed by atoms with Crippen LogP contribution < -0.4 is 0 Å². The molecule has 0 saturated carbocycles. The Morgan fingerprint density at radius 3 is 1.62 bits per heavy atom. The summed E-state index contributed by atoms with van der Waals surface area (Å²) in [6.07, 6.45) is 6.93. The van der Waals surface area contributed by atoms with Crippen molar-refractivity contribution >= 4 is 59.7 Å². The largest absolute Gasteiger partial charge is 0.160 e. The molecule has 5 heteroatoms. The Morgan fingerprint density at radius 2 is 1.00 bits per heavy atom. The fourth-order valence-corrected chi connectivity index (χ4v) is 11.3. The SMILES string of the molecule is CC(SC(S)c1ccc(SCCCCc2ccccc2)c(SCCCc2ccccc2)c1SCCc1ccccc1)c1ccccc1. The van der Waals surface area contributed by atoms with Crippen molar-refractivity contribution in [3.05, 3.63) is 161 Å². The van der Waals surface area contributed by atoms with Crippen molar-refractivity contribution in [1.29, 1.82) is 0 Å². The minimum Gasteiger partial charge on any atom is -0.160 e. The molecule has 2 unspecified atom stereocenters. The van der Waals surface area contributed by atoms with E-state index < -0.39 is 0 Å². The lowest BCUT2D eigenvalue weighted by Crippen LogP contribution is -2.00. The highest BCUT2D eigenvalue weighted by Gasteiger charge is 2.22. The number of thiol groups is 1. The summed E-state index contributed by atoms with van der Waals surface area (Å²) >= 11 is 13.4. The van der Waals surface area contributed by atoms with Gasteiger partial charge in [-0.05, 0) is 90.8 Å². The van der Waals surface area contributed by atoms with Crippen molar-refractivity contribution < 1.29 is 0 Å². The molecule has 0 aliphatic rings. The molecule has 5 aromatic carbocycles. The van der Waals surface area contributed by atoms with Crippen LogP contribution in [-0.4, -0.2) is 17.3 Å². The van der Waals surface area contributed by atoms with E-state index in [2.05, 4.69) is 152 Å². The Bertz CT molecular complexity index is 1580. The zero-order chi connectivity index (χ0) is 32.5. The van der Waals surface area contributed by atoms with Crippen LogP contribution in [0.2, 0.25) is 0 Å². The fourth-order valence-electron chi connectivity index (χ4n) is 5.49. The molecule has 0 bridgehead atoms. The smallest absolute Gasteiger partial charge is 0.0738 e. The number of rotatable bonds is 19. The van der Waals surface area contributed by atoms with E-state index in [9.17, 15) is 0 Å². The van der Waals surface area contributed by atoms with E-state index in [0.29, 0.717) is 5.25 Å². The van der Waals surface area contributed by atoms with Crippen molar-refractivity contribution in [2.24, 2.45) is 0 Å². The maximum atomic E-state index is 5.28. The molecule has 0 amide bonds. The summed E-state index contributed by atoms with van der Waals surface area (Å²) in [4.78, 5) is 4.34. The van der Waals surface area contributed by atoms with Crippen LogP contribution in [0.15, 0.2) is 148 Å². The van der Waals surface area contributed by atoms with Gasteiger partial charge in [0.2, 0.25) is 0 Å². The van der Waals surface area contributed by atoms with Crippen LogP contribution in [0.3, 0.4) is 0 Å². The zero-order valence-corrected chi connectivity index (χ0v) is 31.5. The molecule has 0 N–H and O–H groups in total. The minimum atomic E-state index is 0.0954. The lowest BCUT2D eigenvalue weighted by molar-refractivity contribution is 0.802. The van der Waals surface area contributed by atoms with Crippen molar-refractivity contribution in [2.45, 2.75) is 70.0 Å². The Morgan fingerprint density at radius 1 is 0.489 bits per heavy atom. The third kappa shape index (κ3) is 12.0. The van der Waals surface area contributed by atoms with Crippen molar-refractivity contribution in [1.82, 2.24) is 0 Å². The van der Waals surface area contributed by atoms with Crippen molar-refractivity contribution in [3.8, 4) is 0 Å². The Hall–Kier alpha value is -2.15. The second-order valence-electron chi connectivity index (χ2n) is 11.7. The van der Waals surface area contributed by atoms with Crippen LogP contribution in [0, 0.1) is 0 Å². The van der Waals surface area contributed by atoms with E-state index >= 15 is 0 Å². The number of hydrogen-bond acceptors (Lipinski definition) is 5. The molecule has 0 aliphatic heterocycles. The third-order valence-electron chi connectivity index (χ3n) is 8.11. The molecule has 0 spiro atoms. The Balaban J connectivity index is 1.35. The lowest BCUT2D eigenvalue weighted by Gasteiger charge is -2.23. The van der Waals surface area contributed by atoms with Gasteiger partial charge in [0.15, 0.2) is 0 Å². The molecule has 0 aromatic heterocycles. The van der Waals surface area contributed by atoms with Crippen LogP contribution in [0.25, 0.3) is 0 Å². The Kier molecular flexibility index (Phi) is 15.7. The fraction of sp³-hybridized carbons (Fsp3) is 0.286. The first kappa shape index (κ1) is 36.1. The van der Waals surface area contributed by atoms with Gasteiger partial charge in [0.1, 0.15) is 0 Å². The highest BCUT2D eigenvalue weighted by Crippen LogP contribution is 2.50. The van der Waals surface area contributed by atoms with Crippen LogP contribution in [0.5, 0.6) is 0 Å². The second-order valence-corrected chi connectivity index (χ2v) is 17.3. The third-order valence-corrected chi connectivity index (χ3v) is 13.7. The Labute approximate surface area is 306 Å². The molecule has 0 radical (unpaired) electrons. The molecule has 0 heterocycles. The number of benzene rings is 5. The molecule has 2 atom stereocenters. The molecule has 0 nitrogen and oxygen atoms in total. The lowest BCUT2D eigenvalue weighted by atomic mass is 10.1. The van der Waals surface area contributed by atoms with E-state index in [1.54, 1.807) is 0 Å². The van der Waals surface area contributed by atoms with Gasteiger partial charge in [-0.15, -0.1) is 47.0 Å². The maximum Gasteiger partial charge on any atom is 0.0738 e. The molecule has 244 valence electrons. The number of hydrogen-bond donors (Lipinski definition) is 1. The van der Waals surface area contributed by atoms with Crippen LogP contribution >= 0.6 is 59.7 Å². The topological polar surface area (TPSA) is 0 Å². The summed E-state index contributed by atoms with van der Waals surface area (Å²) < 4.78 is 0.0954. The number of aryl methyl sites for hydroxylation is 3. The van der Waals surface area contributed by atoms with E-state index in [-0.39, 0.29) is 4.58 Å². The van der Waals surface area contributed by atoms with Gasteiger partial charge in [-0.25, -0.2) is 0 Å². The van der Waals surface area contributed by atoms with Gasteiger partial charge >= 0.3 is 0 Å². The molecule has 5 rings (SSSR count). The van der Waals surface area contributed by atoms with Crippen LogP contribution in [-0.2, 0) is 19.3 Å². The summed E-state index contributed by atoms with van der Waals surface area (Å²) in [7, 11) is 0. The predicted octanol–water partition coefficient (Wildman–Crippen LogP) is 13.3. The van der Waals surface area contributed by atoms with E-state index in [1.807, 2.05) is 35.3 Å². The molecule has 47 heavy (non-hydrogen) atoms. The average molecular weight is 711 g/mol. The number of unbranched alkanes of at least 4 members (excludes halogenated alkanes) is 1. The summed E-state index contributed by atoms with van der Waals surface area (Å²) in [5.74, 6) is 3.30. The second kappa shape index (κ2) is 20.4. The van der Waals surface area contributed by atoms with Crippen molar-refractivity contribution in [3.63, 3.8) is 0 Å². The number of thioether (sulfide) groups is 4.